The molecule has 75 heavy (non-hydrogen) atoms. The smallest absolute Gasteiger partial charge is 0.328 e. The number of methoxy groups -OCH3 is 3. The fourth-order valence-corrected chi connectivity index (χ4v) is 9.31. The Labute approximate surface area is 438 Å². The summed E-state index contributed by atoms with van der Waals surface area (Å²) >= 11 is 0. The monoisotopic (exact) mass is 1020 g/mol. The zero-order chi connectivity index (χ0) is 52.9. The Kier molecular flexibility index (Phi) is 20.3. The third-order valence-corrected chi connectivity index (χ3v) is 13.5. The molecule has 0 aliphatic carbocycles. The molecule has 17 heteroatoms. The van der Waals surface area contributed by atoms with Crippen LogP contribution in [0.3, 0.4) is 0 Å². The molecule has 0 saturated carbocycles. The van der Waals surface area contributed by atoms with E-state index in [4.69, 9.17) is 14.2 Å². The molecule has 1 aliphatic rings. The van der Waals surface area contributed by atoms with Crippen LogP contribution in [0.4, 0.5) is 14.4 Å². The second kappa shape index (κ2) is 27.9. The SMILES string of the molecule is COC(=O)[C@H](Cc1ccccc1)NC(=O)N1CCNCCN(CCN(Cc2c3ccccc3cc3ccccc23)C(=O)N[C@@H](Cc2ccccc2)C(=O)OC)CCN(C(=O)N[C@@H](Cc2ccccc2)C(=O)OC)CC1. The Balaban J connectivity index is 1.15. The minimum absolute atomic E-state index is 0.0624. The van der Waals surface area contributed by atoms with E-state index in [9.17, 15) is 28.8 Å². The molecule has 7 rings (SSSR count). The Morgan fingerprint density at radius 1 is 0.507 bits per heavy atom. The summed E-state index contributed by atoms with van der Waals surface area (Å²) in [6, 6.07) is 41.9. The number of hydrogen-bond acceptors (Lipinski definition) is 11. The molecule has 0 radical (unpaired) electrons. The number of fused-ring (bicyclic) bond motifs is 2. The van der Waals surface area contributed by atoms with Gasteiger partial charge in [0.2, 0.25) is 0 Å². The number of urea groups is 3. The molecule has 1 saturated heterocycles. The van der Waals surface area contributed by atoms with Gasteiger partial charge in [0.25, 0.3) is 0 Å². The minimum Gasteiger partial charge on any atom is -0.467 e. The van der Waals surface area contributed by atoms with Crippen LogP contribution in [0.15, 0.2) is 146 Å². The van der Waals surface area contributed by atoms with Crippen molar-refractivity contribution in [1.29, 1.82) is 0 Å². The first-order valence-corrected chi connectivity index (χ1v) is 25.4. The Hall–Kier alpha value is -8.02. The van der Waals surface area contributed by atoms with Crippen molar-refractivity contribution in [2.45, 2.75) is 43.9 Å². The molecule has 1 aliphatic heterocycles. The van der Waals surface area contributed by atoms with Gasteiger partial charge in [-0.2, -0.15) is 0 Å². The van der Waals surface area contributed by atoms with Crippen LogP contribution in [0.2, 0.25) is 0 Å². The van der Waals surface area contributed by atoms with Crippen LogP contribution in [0.25, 0.3) is 21.5 Å². The number of esters is 3. The molecule has 3 atom stereocenters. The summed E-state index contributed by atoms with van der Waals surface area (Å²) in [4.78, 5) is 89.9. The van der Waals surface area contributed by atoms with E-state index in [2.05, 4.69) is 56.5 Å². The predicted molar refractivity (Wildman–Crippen MR) is 288 cm³/mol. The molecule has 6 aromatic carbocycles. The molecule has 0 unspecified atom stereocenters. The largest absolute Gasteiger partial charge is 0.467 e. The van der Waals surface area contributed by atoms with Crippen LogP contribution < -0.4 is 21.3 Å². The maximum absolute atomic E-state index is 14.8. The fourth-order valence-electron chi connectivity index (χ4n) is 9.31. The standard InChI is InChI=1S/C58H68N8O9/c1-73-53(67)50(37-42-17-7-4-8-18-42)60-56(70)64-30-28-59-27-29-63(31-33-65(36-35-64)57(71)61-51(54(68)74-2)38-43-19-9-5-10-20-43)32-34-66(58(72)62-52(55(69)75-3)39-44-21-11-6-12-22-44)41-49-47-25-15-13-23-45(47)40-46-24-14-16-26-48(46)49/h4-26,40,50-52,59H,27-39,41H2,1-3H3,(H,60,70)(H,61,71)(H,62,72)/t50-,51-,52-/m0/s1. The lowest BCUT2D eigenvalue weighted by Crippen LogP contribution is -2.56. The number of nitrogens with one attached hydrogen (secondary N) is 4. The average Bonchev–Trinajstić information content (AvgIpc) is 3.43. The summed E-state index contributed by atoms with van der Waals surface area (Å²) in [6.07, 6.45) is 0.617. The van der Waals surface area contributed by atoms with Gasteiger partial charge in [-0.05, 0) is 49.9 Å². The van der Waals surface area contributed by atoms with E-state index in [1.807, 2.05) is 115 Å². The first-order chi connectivity index (χ1) is 36.5. The number of amides is 6. The molecule has 0 aromatic heterocycles. The Morgan fingerprint density at radius 2 is 0.907 bits per heavy atom. The van der Waals surface area contributed by atoms with Gasteiger partial charge in [0, 0.05) is 91.3 Å². The zero-order valence-corrected chi connectivity index (χ0v) is 43.0. The second-order valence-electron chi connectivity index (χ2n) is 18.4. The van der Waals surface area contributed by atoms with Crippen molar-refractivity contribution in [3.63, 3.8) is 0 Å². The van der Waals surface area contributed by atoms with E-state index in [0.29, 0.717) is 32.7 Å². The lowest BCUT2D eigenvalue weighted by Gasteiger charge is -2.34. The molecule has 1 heterocycles. The molecular formula is C58H68N8O9. The topological polar surface area (TPSA) is 191 Å². The van der Waals surface area contributed by atoms with Crippen molar-refractivity contribution >= 4 is 57.5 Å². The number of rotatable bonds is 17. The molecule has 1 fully saturated rings. The zero-order valence-electron chi connectivity index (χ0n) is 43.0. The number of carbonyl (C=O) groups is 6. The van der Waals surface area contributed by atoms with Gasteiger partial charge in [-0.25, -0.2) is 28.8 Å². The lowest BCUT2D eigenvalue weighted by atomic mass is 9.96. The van der Waals surface area contributed by atoms with Crippen molar-refractivity contribution in [2.75, 3.05) is 86.8 Å². The van der Waals surface area contributed by atoms with Gasteiger partial charge >= 0.3 is 36.0 Å². The van der Waals surface area contributed by atoms with Crippen LogP contribution in [0.5, 0.6) is 0 Å². The molecular weight excluding hydrogens is 953 g/mol. The molecule has 4 N–H and O–H groups in total. The van der Waals surface area contributed by atoms with E-state index in [-0.39, 0.29) is 58.5 Å². The van der Waals surface area contributed by atoms with Gasteiger partial charge in [-0.15, -0.1) is 0 Å². The van der Waals surface area contributed by atoms with E-state index in [0.717, 1.165) is 43.8 Å². The van der Waals surface area contributed by atoms with Gasteiger partial charge in [0.15, 0.2) is 0 Å². The highest BCUT2D eigenvalue weighted by atomic mass is 16.5. The average molecular weight is 1020 g/mol. The second-order valence-corrected chi connectivity index (χ2v) is 18.4. The van der Waals surface area contributed by atoms with Gasteiger partial charge in [0.05, 0.1) is 21.3 Å². The minimum atomic E-state index is -1.02. The van der Waals surface area contributed by atoms with E-state index in [1.165, 1.54) is 21.3 Å². The molecule has 6 aromatic rings. The summed E-state index contributed by atoms with van der Waals surface area (Å²) < 4.78 is 15.4. The lowest BCUT2D eigenvalue weighted by molar-refractivity contribution is -0.143. The number of nitrogens with zero attached hydrogens (tertiary/aromatic N) is 4. The highest BCUT2D eigenvalue weighted by Gasteiger charge is 2.30. The summed E-state index contributed by atoms with van der Waals surface area (Å²) in [7, 11) is 3.86. The summed E-state index contributed by atoms with van der Waals surface area (Å²) in [5, 5.41) is 16.3. The van der Waals surface area contributed by atoms with Crippen LogP contribution >= 0.6 is 0 Å². The summed E-state index contributed by atoms with van der Waals surface area (Å²) in [6.45, 7) is 3.07. The van der Waals surface area contributed by atoms with Crippen molar-refractivity contribution in [2.24, 2.45) is 0 Å². The number of carbonyl (C=O) groups excluding carboxylic acids is 6. The van der Waals surface area contributed by atoms with E-state index < -0.39 is 54.1 Å². The Bertz CT molecular complexity index is 2790. The van der Waals surface area contributed by atoms with Gasteiger partial charge in [-0.1, -0.05) is 140 Å². The van der Waals surface area contributed by atoms with Gasteiger partial charge < -0.3 is 50.2 Å². The first-order valence-electron chi connectivity index (χ1n) is 25.4. The third-order valence-electron chi connectivity index (χ3n) is 13.5. The molecule has 6 amide bonds. The fraction of sp³-hybridized carbons (Fsp3) is 0.345. The maximum atomic E-state index is 14.8. The van der Waals surface area contributed by atoms with Crippen LogP contribution in [-0.4, -0.2) is 161 Å². The quantitative estimate of drug-likeness (QED) is 0.0492. The van der Waals surface area contributed by atoms with Crippen molar-refractivity contribution in [3.8, 4) is 0 Å². The highest BCUT2D eigenvalue weighted by Crippen LogP contribution is 2.30. The molecule has 394 valence electrons. The van der Waals surface area contributed by atoms with Gasteiger partial charge in [0.1, 0.15) is 18.1 Å². The molecule has 0 spiro atoms. The summed E-state index contributed by atoms with van der Waals surface area (Å²) in [5.41, 5.74) is 3.47. The van der Waals surface area contributed by atoms with Crippen molar-refractivity contribution in [1.82, 2.24) is 40.9 Å². The Morgan fingerprint density at radius 3 is 1.37 bits per heavy atom. The third kappa shape index (κ3) is 15.7. The molecule has 17 nitrogen and oxygen atoms in total. The number of benzene rings is 6. The number of hydrogen-bond donors (Lipinski definition) is 4. The summed E-state index contributed by atoms with van der Waals surface area (Å²) in [5.74, 6) is -1.77. The van der Waals surface area contributed by atoms with E-state index in [1.54, 1.807) is 14.7 Å². The highest BCUT2D eigenvalue weighted by molar-refractivity contribution is 6.02. The van der Waals surface area contributed by atoms with E-state index >= 15 is 0 Å². The van der Waals surface area contributed by atoms with Crippen LogP contribution in [0, 0.1) is 0 Å². The maximum Gasteiger partial charge on any atom is 0.328 e. The number of ether oxygens (including phenoxy) is 3. The van der Waals surface area contributed by atoms with Crippen molar-refractivity contribution in [3.05, 3.63) is 168 Å². The first kappa shape index (κ1) is 54.7. The van der Waals surface area contributed by atoms with Crippen LogP contribution in [-0.2, 0) is 54.4 Å². The predicted octanol–water partition coefficient (Wildman–Crippen LogP) is 5.79. The molecule has 0 bridgehead atoms. The normalized spacial score (nSPS) is 14.8. The van der Waals surface area contributed by atoms with Crippen LogP contribution in [0.1, 0.15) is 22.3 Å². The van der Waals surface area contributed by atoms with Crippen molar-refractivity contribution < 1.29 is 43.0 Å². The van der Waals surface area contributed by atoms with Gasteiger partial charge in [-0.3, -0.25) is 4.90 Å².